The van der Waals surface area contributed by atoms with E-state index in [4.69, 9.17) is 4.74 Å². The summed E-state index contributed by atoms with van der Waals surface area (Å²) >= 11 is 0. The highest BCUT2D eigenvalue weighted by molar-refractivity contribution is 5.79. The fourth-order valence-corrected chi connectivity index (χ4v) is 4.71. The van der Waals surface area contributed by atoms with Crippen molar-refractivity contribution in [2.75, 3.05) is 18.6 Å². The first-order chi connectivity index (χ1) is 17.4. The first-order valence-electron chi connectivity index (χ1n) is 14.1. The zero-order valence-electron chi connectivity index (χ0n) is 24.3. The second-order valence-electron chi connectivity index (χ2n) is 11.6. The molecule has 1 aromatic rings. The van der Waals surface area contributed by atoms with Crippen LogP contribution in [0.15, 0.2) is 18.2 Å². The van der Waals surface area contributed by atoms with E-state index < -0.39 is 29.7 Å². The predicted molar refractivity (Wildman–Crippen MR) is 151 cm³/mol. The van der Waals surface area contributed by atoms with Gasteiger partial charge >= 0.3 is 12.1 Å². The molecule has 0 aromatic heterocycles. The first-order valence-corrected chi connectivity index (χ1v) is 14.1. The third kappa shape index (κ3) is 12.7. The molecule has 0 bridgehead atoms. The second-order valence-corrected chi connectivity index (χ2v) is 11.6. The molecular weight excluding hydrogens is 468 g/mol. The number of carboxylic acids is 1. The highest BCUT2D eigenvalue weighted by atomic mass is 16.6. The summed E-state index contributed by atoms with van der Waals surface area (Å²) in [6.45, 7) is 11.1. The number of aliphatic carboxylic acids is 1. The number of likely N-dealkylation sites (N-methyl/N-ethyl adjacent to an activating group) is 1. The quantitative estimate of drug-likeness (QED) is 0.207. The lowest BCUT2D eigenvalue weighted by atomic mass is 9.95. The fourth-order valence-electron chi connectivity index (χ4n) is 4.71. The number of nitrogens with one attached hydrogen (secondary N) is 1. The van der Waals surface area contributed by atoms with Crippen molar-refractivity contribution in [3.8, 4) is 0 Å². The molecule has 2 atom stereocenters. The van der Waals surface area contributed by atoms with Gasteiger partial charge in [-0.25, -0.2) is 9.59 Å². The standard InChI is InChI=1S/C30H52N2O5/c1-8-9-10-11-12-13-14-15-16-23-17-18-26(32(7)27(22(2)3)28(34)35)24(19-23)20-25(21-33)31-29(36)37-30(4,5)6/h17-19,22,25,27,33H,8-16,20-21H2,1-7H3,(H,31,36)(H,34,35)/t25?,27-/m0/s1. The normalized spacial score (nSPS) is 13.3. The van der Waals surface area contributed by atoms with Gasteiger partial charge in [0.05, 0.1) is 12.6 Å². The van der Waals surface area contributed by atoms with Crippen LogP contribution in [0.1, 0.15) is 104 Å². The van der Waals surface area contributed by atoms with E-state index in [9.17, 15) is 19.8 Å². The summed E-state index contributed by atoms with van der Waals surface area (Å²) in [5.41, 5.74) is 2.24. The topological polar surface area (TPSA) is 99.1 Å². The van der Waals surface area contributed by atoms with Gasteiger partial charge in [-0.1, -0.05) is 77.8 Å². The van der Waals surface area contributed by atoms with Crippen LogP contribution in [-0.4, -0.2) is 53.6 Å². The number of ether oxygens (including phenoxy) is 1. The van der Waals surface area contributed by atoms with Gasteiger partial charge < -0.3 is 25.2 Å². The SMILES string of the molecule is CCCCCCCCCCc1ccc(N(C)[C@H](C(=O)O)C(C)C)c(CC(CO)NC(=O)OC(C)(C)C)c1. The summed E-state index contributed by atoms with van der Waals surface area (Å²) in [5.74, 6) is -0.974. The lowest BCUT2D eigenvalue weighted by Crippen LogP contribution is -2.44. The van der Waals surface area contributed by atoms with Crippen LogP contribution in [0.5, 0.6) is 0 Å². The van der Waals surface area contributed by atoms with Gasteiger partial charge in [-0.3, -0.25) is 0 Å². The molecule has 0 saturated carbocycles. The Morgan fingerprint density at radius 3 is 2.14 bits per heavy atom. The van der Waals surface area contributed by atoms with Crippen molar-refractivity contribution in [1.82, 2.24) is 5.32 Å². The minimum atomic E-state index is -0.878. The molecule has 7 heteroatoms. The van der Waals surface area contributed by atoms with E-state index in [2.05, 4.69) is 24.4 Å². The highest BCUT2D eigenvalue weighted by Gasteiger charge is 2.28. The largest absolute Gasteiger partial charge is 0.480 e. The molecule has 1 unspecified atom stereocenters. The summed E-state index contributed by atoms with van der Waals surface area (Å²) in [7, 11) is 1.80. The van der Waals surface area contributed by atoms with Gasteiger partial charge in [-0.15, -0.1) is 0 Å². The molecule has 37 heavy (non-hydrogen) atoms. The maximum Gasteiger partial charge on any atom is 0.407 e. The molecule has 0 aliphatic carbocycles. The molecular formula is C30H52N2O5. The van der Waals surface area contributed by atoms with E-state index >= 15 is 0 Å². The van der Waals surface area contributed by atoms with Gasteiger partial charge in [0.2, 0.25) is 0 Å². The summed E-state index contributed by atoms with van der Waals surface area (Å²) in [4.78, 5) is 26.2. The zero-order chi connectivity index (χ0) is 28.0. The van der Waals surface area contributed by atoms with Crippen LogP contribution in [-0.2, 0) is 22.4 Å². The molecule has 0 heterocycles. The average Bonchev–Trinajstić information content (AvgIpc) is 2.78. The number of anilines is 1. The van der Waals surface area contributed by atoms with Crippen LogP contribution in [0.3, 0.4) is 0 Å². The minimum Gasteiger partial charge on any atom is -0.480 e. The molecule has 212 valence electrons. The Morgan fingerprint density at radius 2 is 1.62 bits per heavy atom. The van der Waals surface area contributed by atoms with Crippen LogP contribution in [0, 0.1) is 5.92 Å². The Kier molecular flexibility index (Phi) is 14.6. The number of alkyl carbamates (subject to hydrolysis) is 1. The molecule has 1 aromatic carbocycles. The van der Waals surface area contributed by atoms with Gasteiger partial charge in [0.25, 0.3) is 0 Å². The number of unbranched alkanes of at least 4 members (excludes halogenated alkanes) is 7. The number of hydrogen-bond donors (Lipinski definition) is 3. The van der Waals surface area contributed by atoms with Gasteiger partial charge in [-0.05, 0) is 63.1 Å². The number of benzene rings is 1. The number of amides is 1. The van der Waals surface area contributed by atoms with E-state index in [0.717, 1.165) is 24.1 Å². The Hall–Kier alpha value is -2.28. The third-order valence-corrected chi connectivity index (χ3v) is 6.55. The summed E-state index contributed by atoms with van der Waals surface area (Å²) in [6.07, 6.45) is 10.8. The molecule has 3 N–H and O–H groups in total. The van der Waals surface area contributed by atoms with Crippen LogP contribution < -0.4 is 10.2 Å². The number of nitrogens with zero attached hydrogens (tertiary/aromatic N) is 1. The van der Waals surface area contributed by atoms with Crippen molar-refractivity contribution < 1.29 is 24.5 Å². The first kappa shape index (κ1) is 32.7. The molecule has 0 radical (unpaired) electrons. The highest BCUT2D eigenvalue weighted by Crippen LogP contribution is 2.27. The van der Waals surface area contributed by atoms with Gasteiger partial charge in [0, 0.05) is 12.7 Å². The number of aliphatic hydroxyl groups excluding tert-OH is 1. The van der Waals surface area contributed by atoms with E-state index in [1.54, 1.807) is 32.7 Å². The Morgan fingerprint density at radius 1 is 1.03 bits per heavy atom. The molecule has 0 spiro atoms. The molecule has 0 aliphatic heterocycles. The molecule has 0 saturated heterocycles. The van der Waals surface area contributed by atoms with E-state index in [1.807, 2.05) is 19.9 Å². The van der Waals surface area contributed by atoms with Crippen LogP contribution >= 0.6 is 0 Å². The second kappa shape index (κ2) is 16.5. The summed E-state index contributed by atoms with van der Waals surface area (Å²) < 4.78 is 5.37. The van der Waals surface area contributed by atoms with Crippen LogP contribution in [0.25, 0.3) is 0 Å². The zero-order valence-corrected chi connectivity index (χ0v) is 24.3. The number of carboxylic acid groups (broad SMARTS) is 1. The smallest absolute Gasteiger partial charge is 0.407 e. The van der Waals surface area contributed by atoms with Crippen molar-refractivity contribution in [1.29, 1.82) is 0 Å². The number of carbonyl (C=O) groups excluding carboxylic acids is 1. The van der Waals surface area contributed by atoms with Crippen molar-refractivity contribution in [3.05, 3.63) is 29.3 Å². The molecule has 1 amide bonds. The number of aliphatic hydroxyl groups is 1. The monoisotopic (exact) mass is 520 g/mol. The van der Waals surface area contributed by atoms with E-state index in [1.165, 1.54) is 50.5 Å². The Balaban J connectivity index is 3.03. The van der Waals surface area contributed by atoms with Gasteiger partial charge in [0.1, 0.15) is 11.6 Å². The van der Waals surface area contributed by atoms with E-state index in [-0.39, 0.29) is 12.5 Å². The van der Waals surface area contributed by atoms with Gasteiger partial charge in [-0.2, -0.15) is 0 Å². The fraction of sp³-hybridized carbons (Fsp3) is 0.733. The van der Waals surface area contributed by atoms with Crippen LogP contribution in [0.4, 0.5) is 10.5 Å². The predicted octanol–water partition coefficient (Wildman–Crippen LogP) is 6.34. The average molecular weight is 521 g/mol. The van der Waals surface area contributed by atoms with Crippen molar-refractivity contribution in [2.45, 2.75) is 123 Å². The lowest BCUT2D eigenvalue weighted by molar-refractivity contribution is -0.139. The summed E-state index contributed by atoms with van der Waals surface area (Å²) in [6, 6.07) is 4.92. The number of aryl methyl sites for hydroxylation is 1. The maximum atomic E-state index is 12.3. The molecule has 0 fully saturated rings. The summed E-state index contributed by atoms with van der Waals surface area (Å²) in [5, 5.41) is 22.6. The number of hydrogen-bond acceptors (Lipinski definition) is 5. The third-order valence-electron chi connectivity index (χ3n) is 6.55. The Labute approximate surface area is 225 Å². The minimum absolute atomic E-state index is 0.0964. The van der Waals surface area contributed by atoms with Crippen molar-refractivity contribution >= 4 is 17.7 Å². The van der Waals surface area contributed by atoms with Crippen LogP contribution in [0.2, 0.25) is 0 Å². The van der Waals surface area contributed by atoms with Gasteiger partial charge in [0.15, 0.2) is 0 Å². The molecule has 1 rings (SSSR count). The molecule has 0 aliphatic rings. The van der Waals surface area contributed by atoms with E-state index in [0.29, 0.717) is 6.42 Å². The molecule has 7 nitrogen and oxygen atoms in total. The van der Waals surface area contributed by atoms with Crippen molar-refractivity contribution in [3.63, 3.8) is 0 Å². The maximum absolute atomic E-state index is 12.3. The van der Waals surface area contributed by atoms with Crippen molar-refractivity contribution in [2.24, 2.45) is 5.92 Å². The lowest BCUT2D eigenvalue weighted by Gasteiger charge is -2.32. The Bertz CT molecular complexity index is 819. The number of rotatable bonds is 17. The number of carbonyl (C=O) groups is 2.